The standard InChI is InChI=1S/C21H20BrN3O3/c1-3-5-15-16(4-2)24-21(17-10-11-18(22)28-17)25-20(15)23-14-8-6-13(7-9-14)12-19(26)27/h3,6-11H,1,4-5,12H2,2H3,(H,26,27)(H,23,24,25). The van der Waals surface area contributed by atoms with Gasteiger partial charge >= 0.3 is 5.97 Å². The fourth-order valence-electron chi connectivity index (χ4n) is 2.85. The Bertz CT molecular complexity index is 997. The van der Waals surface area contributed by atoms with Gasteiger partial charge in [0.05, 0.1) is 6.42 Å². The quantitative estimate of drug-likeness (QED) is 0.469. The maximum atomic E-state index is 10.9. The Kier molecular flexibility index (Phi) is 6.26. The van der Waals surface area contributed by atoms with E-state index >= 15 is 0 Å². The van der Waals surface area contributed by atoms with Crippen LogP contribution in [0.2, 0.25) is 0 Å². The minimum atomic E-state index is -0.855. The normalized spacial score (nSPS) is 10.6. The van der Waals surface area contributed by atoms with Gasteiger partial charge in [0.15, 0.2) is 16.3 Å². The van der Waals surface area contributed by atoms with Gasteiger partial charge in [-0.25, -0.2) is 9.97 Å². The number of aliphatic carboxylic acids is 1. The molecule has 0 radical (unpaired) electrons. The highest BCUT2D eigenvalue weighted by atomic mass is 79.9. The number of allylic oxidation sites excluding steroid dienone is 1. The summed E-state index contributed by atoms with van der Waals surface area (Å²) < 4.78 is 6.23. The van der Waals surface area contributed by atoms with Gasteiger partial charge in [0.25, 0.3) is 0 Å². The molecule has 1 aromatic carbocycles. The highest BCUT2D eigenvalue weighted by Gasteiger charge is 2.16. The van der Waals surface area contributed by atoms with E-state index in [0.717, 1.165) is 28.9 Å². The number of halogens is 1. The first-order valence-corrected chi connectivity index (χ1v) is 9.63. The molecule has 2 aromatic heterocycles. The number of hydrogen-bond donors (Lipinski definition) is 2. The average molecular weight is 442 g/mol. The molecular weight excluding hydrogens is 422 g/mol. The lowest BCUT2D eigenvalue weighted by Crippen LogP contribution is -2.07. The van der Waals surface area contributed by atoms with Gasteiger partial charge in [-0.05, 0) is 58.6 Å². The van der Waals surface area contributed by atoms with Gasteiger partial charge in [-0.15, -0.1) is 6.58 Å². The van der Waals surface area contributed by atoms with Gasteiger partial charge in [-0.1, -0.05) is 25.1 Å². The molecule has 0 amide bonds. The predicted molar refractivity (Wildman–Crippen MR) is 112 cm³/mol. The summed E-state index contributed by atoms with van der Waals surface area (Å²) in [7, 11) is 0. The van der Waals surface area contributed by atoms with Crippen LogP contribution in [-0.2, 0) is 24.1 Å². The third-order valence-electron chi connectivity index (χ3n) is 4.14. The van der Waals surface area contributed by atoms with Crippen LogP contribution in [0.25, 0.3) is 11.6 Å². The second-order valence-electron chi connectivity index (χ2n) is 6.16. The van der Waals surface area contributed by atoms with Crippen molar-refractivity contribution in [1.82, 2.24) is 9.97 Å². The summed E-state index contributed by atoms with van der Waals surface area (Å²) in [5, 5.41) is 12.2. The van der Waals surface area contributed by atoms with Crippen LogP contribution in [0.4, 0.5) is 11.5 Å². The van der Waals surface area contributed by atoms with E-state index in [4.69, 9.17) is 9.52 Å². The SMILES string of the molecule is C=CCc1c(CC)nc(-c2ccc(Br)o2)nc1Nc1ccc(CC(=O)O)cc1. The summed E-state index contributed by atoms with van der Waals surface area (Å²) in [6.07, 6.45) is 3.19. The van der Waals surface area contributed by atoms with Gasteiger partial charge in [0.1, 0.15) is 5.82 Å². The summed E-state index contributed by atoms with van der Waals surface area (Å²) in [6, 6.07) is 10.9. The van der Waals surface area contributed by atoms with Crippen LogP contribution < -0.4 is 5.32 Å². The van der Waals surface area contributed by atoms with Crippen molar-refractivity contribution < 1.29 is 14.3 Å². The fraction of sp³-hybridized carbons (Fsp3) is 0.190. The molecule has 0 fully saturated rings. The van der Waals surface area contributed by atoms with Crippen molar-refractivity contribution in [2.75, 3.05) is 5.32 Å². The van der Waals surface area contributed by atoms with Crippen LogP contribution in [-0.4, -0.2) is 21.0 Å². The fourth-order valence-corrected chi connectivity index (χ4v) is 3.15. The molecule has 28 heavy (non-hydrogen) atoms. The van der Waals surface area contributed by atoms with Crippen molar-refractivity contribution in [2.24, 2.45) is 0 Å². The van der Waals surface area contributed by atoms with Crippen molar-refractivity contribution >= 4 is 33.4 Å². The Morgan fingerprint density at radius 3 is 2.57 bits per heavy atom. The van der Waals surface area contributed by atoms with Gasteiger partial charge in [0.2, 0.25) is 0 Å². The molecule has 0 aliphatic carbocycles. The van der Waals surface area contributed by atoms with Crippen LogP contribution in [0.5, 0.6) is 0 Å². The Morgan fingerprint density at radius 1 is 1.25 bits per heavy atom. The lowest BCUT2D eigenvalue weighted by atomic mass is 10.1. The molecule has 0 unspecified atom stereocenters. The predicted octanol–water partition coefficient (Wildman–Crippen LogP) is 5.16. The molecule has 2 heterocycles. The molecule has 0 atom stereocenters. The number of carboxylic acids is 1. The second-order valence-corrected chi connectivity index (χ2v) is 6.95. The van der Waals surface area contributed by atoms with Crippen LogP contribution in [0.3, 0.4) is 0 Å². The first-order chi connectivity index (χ1) is 13.5. The van der Waals surface area contributed by atoms with Crippen molar-refractivity contribution in [3.63, 3.8) is 0 Å². The van der Waals surface area contributed by atoms with Crippen LogP contribution >= 0.6 is 15.9 Å². The smallest absolute Gasteiger partial charge is 0.307 e. The van der Waals surface area contributed by atoms with Crippen LogP contribution in [0.15, 0.2) is 58.1 Å². The maximum absolute atomic E-state index is 10.9. The molecular formula is C21H20BrN3O3. The van der Waals surface area contributed by atoms with Crippen molar-refractivity contribution in [2.45, 2.75) is 26.2 Å². The molecule has 7 heteroatoms. The number of nitrogens with one attached hydrogen (secondary N) is 1. The summed E-state index contributed by atoms with van der Waals surface area (Å²) in [5.41, 5.74) is 3.44. The number of aromatic nitrogens is 2. The lowest BCUT2D eigenvalue weighted by molar-refractivity contribution is -0.136. The zero-order valence-electron chi connectivity index (χ0n) is 15.4. The Hall–Kier alpha value is -2.93. The third kappa shape index (κ3) is 4.67. The summed E-state index contributed by atoms with van der Waals surface area (Å²) in [6.45, 7) is 5.88. The highest BCUT2D eigenvalue weighted by Crippen LogP contribution is 2.28. The second kappa shape index (κ2) is 8.84. The van der Waals surface area contributed by atoms with Gasteiger partial charge in [-0.3, -0.25) is 4.79 Å². The molecule has 6 nitrogen and oxygen atoms in total. The Balaban J connectivity index is 1.99. The largest absolute Gasteiger partial charge is 0.481 e. The van der Waals surface area contributed by atoms with E-state index in [1.807, 2.05) is 31.2 Å². The number of hydrogen-bond acceptors (Lipinski definition) is 5. The van der Waals surface area contributed by atoms with E-state index in [-0.39, 0.29) is 6.42 Å². The van der Waals surface area contributed by atoms with E-state index in [1.165, 1.54) is 0 Å². The average Bonchev–Trinajstić information content (AvgIpc) is 3.10. The topological polar surface area (TPSA) is 88.3 Å². The molecule has 2 N–H and O–H groups in total. The minimum Gasteiger partial charge on any atom is -0.481 e. The molecule has 144 valence electrons. The number of carbonyl (C=O) groups is 1. The molecule has 0 aliphatic rings. The van der Waals surface area contributed by atoms with E-state index in [2.05, 4.69) is 37.8 Å². The maximum Gasteiger partial charge on any atom is 0.307 e. The molecule has 3 aromatic rings. The monoisotopic (exact) mass is 441 g/mol. The van der Waals surface area contributed by atoms with Crippen molar-refractivity contribution in [3.05, 3.63) is 70.5 Å². The number of furan rings is 1. The van der Waals surface area contributed by atoms with Crippen molar-refractivity contribution in [1.29, 1.82) is 0 Å². The molecule has 3 rings (SSSR count). The van der Waals surface area contributed by atoms with Gasteiger partial charge in [-0.2, -0.15) is 0 Å². The molecule has 0 saturated carbocycles. The number of nitrogens with zero attached hydrogens (tertiary/aromatic N) is 2. The first kappa shape index (κ1) is 19.8. The zero-order valence-corrected chi connectivity index (χ0v) is 17.0. The van der Waals surface area contributed by atoms with E-state index in [1.54, 1.807) is 18.2 Å². The van der Waals surface area contributed by atoms with E-state index in [0.29, 0.717) is 28.5 Å². The highest BCUT2D eigenvalue weighted by molar-refractivity contribution is 9.10. The number of carboxylic acid groups (broad SMARTS) is 1. The summed E-state index contributed by atoms with van der Waals surface area (Å²) >= 11 is 3.31. The van der Waals surface area contributed by atoms with Crippen LogP contribution in [0.1, 0.15) is 23.7 Å². The third-order valence-corrected chi connectivity index (χ3v) is 4.57. The number of anilines is 2. The Labute approximate surface area is 171 Å². The van der Waals surface area contributed by atoms with E-state index in [9.17, 15) is 4.79 Å². The molecule has 0 saturated heterocycles. The lowest BCUT2D eigenvalue weighted by Gasteiger charge is -2.15. The number of aryl methyl sites for hydroxylation is 1. The first-order valence-electron chi connectivity index (χ1n) is 8.84. The zero-order chi connectivity index (χ0) is 20.1. The summed E-state index contributed by atoms with van der Waals surface area (Å²) in [5.74, 6) is 0.902. The molecule has 0 aliphatic heterocycles. The van der Waals surface area contributed by atoms with Crippen molar-refractivity contribution in [3.8, 4) is 11.6 Å². The molecule has 0 spiro atoms. The summed E-state index contributed by atoms with van der Waals surface area (Å²) in [4.78, 5) is 20.2. The minimum absolute atomic E-state index is 0.00694. The van der Waals surface area contributed by atoms with Gasteiger partial charge in [0, 0.05) is 16.9 Å². The Morgan fingerprint density at radius 2 is 2.00 bits per heavy atom. The van der Waals surface area contributed by atoms with Crippen LogP contribution in [0, 0.1) is 0 Å². The number of benzene rings is 1. The van der Waals surface area contributed by atoms with E-state index < -0.39 is 5.97 Å². The molecule has 0 bridgehead atoms. The van der Waals surface area contributed by atoms with Gasteiger partial charge < -0.3 is 14.8 Å². The number of rotatable bonds is 8.